The van der Waals surface area contributed by atoms with Gasteiger partial charge in [0.1, 0.15) is 5.82 Å². The number of aromatic nitrogens is 3. The van der Waals surface area contributed by atoms with Gasteiger partial charge in [0.2, 0.25) is 5.91 Å². The molecule has 2 heterocycles. The first-order valence-corrected chi connectivity index (χ1v) is 7.46. The molecule has 136 valence electrons. The maximum Gasteiger partial charge on any atom is 0.419 e. The van der Waals surface area contributed by atoms with Crippen LogP contribution in [0.2, 0.25) is 0 Å². The second-order valence-corrected chi connectivity index (χ2v) is 5.43. The van der Waals surface area contributed by atoms with E-state index in [1.807, 2.05) is 0 Å². The number of hydrogen-bond acceptors (Lipinski definition) is 3. The average molecular weight is 368 g/mol. The number of alkyl halides is 3. The van der Waals surface area contributed by atoms with Crippen LogP contribution in [0.5, 0.6) is 0 Å². The molecule has 0 bridgehead atoms. The highest BCUT2D eigenvalue weighted by molar-refractivity contribution is 5.90. The van der Waals surface area contributed by atoms with Gasteiger partial charge < -0.3 is 5.32 Å². The smallest absolute Gasteiger partial charge is 0.326 e. The zero-order valence-corrected chi connectivity index (χ0v) is 13.1. The first-order chi connectivity index (χ1) is 12.3. The van der Waals surface area contributed by atoms with Gasteiger partial charge in [-0.1, -0.05) is 6.07 Å². The minimum Gasteiger partial charge on any atom is -0.326 e. The highest BCUT2D eigenvalue weighted by Crippen LogP contribution is 2.32. The van der Waals surface area contributed by atoms with E-state index in [2.05, 4.69) is 10.4 Å². The molecule has 0 saturated carbocycles. The van der Waals surface area contributed by atoms with Crippen molar-refractivity contribution >= 4 is 17.2 Å². The third-order valence-corrected chi connectivity index (χ3v) is 3.59. The highest BCUT2D eigenvalue weighted by atomic mass is 19.4. The molecular weight excluding hydrogens is 356 g/mol. The highest BCUT2D eigenvalue weighted by Gasteiger charge is 2.34. The Morgan fingerprint density at radius 3 is 2.65 bits per heavy atom. The Hall–Kier alpha value is -3.17. The second-order valence-electron chi connectivity index (χ2n) is 5.43. The summed E-state index contributed by atoms with van der Waals surface area (Å²) < 4.78 is 53.7. The van der Waals surface area contributed by atoms with Gasteiger partial charge in [0.25, 0.3) is 0 Å². The van der Waals surface area contributed by atoms with Crippen LogP contribution in [0.15, 0.2) is 47.4 Å². The zero-order chi connectivity index (χ0) is 18.9. The number of carbonyl (C=O) groups is 1. The Bertz CT molecular complexity index is 1020. The van der Waals surface area contributed by atoms with Crippen molar-refractivity contribution in [2.45, 2.75) is 19.1 Å². The van der Waals surface area contributed by atoms with Gasteiger partial charge >= 0.3 is 11.9 Å². The third kappa shape index (κ3) is 3.58. The van der Waals surface area contributed by atoms with E-state index >= 15 is 0 Å². The maximum atomic E-state index is 13.2. The number of aryl methyl sites for hydroxylation is 1. The third-order valence-electron chi connectivity index (χ3n) is 3.59. The molecule has 1 amide bonds. The van der Waals surface area contributed by atoms with Crippen molar-refractivity contribution in [3.63, 3.8) is 0 Å². The molecule has 10 heteroatoms. The molecule has 3 rings (SSSR count). The van der Waals surface area contributed by atoms with Crippen LogP contribution < -0.4 is 11.0 Å². The maximum absolute atomic E-state index is 13.2. The Morgan fingerprint density at radius 1 is 1.19 bits per heavy atom. The van der Waals surface area contributed by atoms with Crippen LogP contribution in [0, 0.1) is 5.82 Å². The van der Waals surface area contributed by atoms with Crippen molar-refractivity contribution in [2.24, 2.45) is 0 Å². The second kappa shape index (κ2) is 6.62. The monoisotopic (exact) mass is 368 g/mol. The first kappa shape index (κ1) is 17.6. The number of halogens is 4. The number of fused-ring (bicyclic) bond motifs is 1. The Labute approximate surface area is 143 Å². The van der Waals surface area contributed by atoms with E-state index in [1.54, 1.807) is 18.2 Å². The summed E-state index contributed by atoms with van der Waals surface area (Å²) in [5.41, 5.74) is -1.68. The zero-order valence-electron chi connectivity index (χ0n) is 13.1. The number of benzene rings is 1. The summed E-state index contributed by atoms with van der Waals surface area (Å²) in [6.07, 6.45) is -3.53. The fraction of sp³-hybridized carbons (Fsp3) is 0.188. The van der Waals surface area contributed by atoms with Crippen LogP contribution in [-0.4, -0.2) is 20.1 Å². The van der Waals surface area contributed by atoms with Crippen molar-refractivity contribution < 1.29 is 22.4 Å². The molecule has 0 aliphatic rings. The summed E-state index contributed by atoms with van der Waals surface area (Å²) in [5, 5.41) is 6.29. The van der Waals surface area contributed by atoms with E-state index in [1.165, 1.54) is 10.6 Å². The van der Waals surface area contributed by atoms with E-state index in [4.69, 9.17) is 0 Å². The molecule has 3 aromatic rings. The van der Waals surface area contributed by atoms with Gasteiger partial charge in [-0.05, 0) is 30.3 Å². The Kier molecular flexibility index (Phi) is 4.49. The van der Waals surface area contributed by atoms with Crippen molar-refractivity contribution in [3.8, 4) is 0 Å². The first-order valence-electron chi connectivity index (χ1n) is 7.46. The summed E-state index contributed by atoms with van der Waals surface area (Å²) in [6, 6.07) is 7.15. The number of rotatable bonds is 4. The van der Waals surface area contributed by atoms with Gasteiger partial charge in [0, 0.05) is 18.3 Å². The van der Waals surface area contributed by atoms with Crippen LogP contribution in [0.4, 0.5) is 23.2 Å². The van der Waals surface area contributed by atoms with Crippen LogP contribution >= 0.6 is 0 Å². The largest absolute Gasteiger partial charge is 0.419 e. The summed E-state index contributed by atoms with van der Waals surface area (Å²) >= 11 is 0. The SMILES string of the molecule is O=C(CCn1nc2ccccn2c1=O)Nc1ccc(F)c(C(F)(F)F)c1. The van der Waals surface area contributed by atoms with Crippen LogP contribution in [0.3, 0.4) is 0 Å². The van der Waals surface area contributed by atoms with Crippen molar-refractivity contribution in [1.29, 1.82) is 0 Å². The van der Waals surface area contributed by atoms with Crippen LogP contribution in [0.1, 0.15) is 12.0 Å². The lowest BCUT2D eigenvalue weighted by Gasteiger charge is -2.11. The molecule has 1 aromatic carbocycles. The van der Waals surface area contributed by atoms with Gasteiger partial charge in [-0.15, -0.1) is 5.10 Å². The number of nitrogens with zero attached hydrogens (tertiary/aromatic N) is 3. The number of carbonyl (C=O) groups excluding carboxylic acids is 1. The lowest BCUT2D eigenvalue weighted by molar-refractivity contribution is -0.140. The van der Waals surface area contributed by atoms with E-state index in [0.717, 1.165) is 10.7 Å². The van der Waals surface area contributed by atoms with Gasteiger partial charge in [0.05, 0.1) is 12.1 Å². The van der Waals surface area contributed by atoms with Gasteiger partial charge in [0.15, 0.2) is 5.65 Å². The fourth-order valence-electron chi connectivity index (χ4n) is 2.36. The molecule has 0 fully saturated rings. The minimum atomic E-state index is -4.87. The Balaban J connectivity index is 1.69. The lowest BCUT2D eigenvalue weighted by atomic mass is 10.1. The summed E-state index contributed by atoms with van der Waals surface area (Å²) in [5.74, 6) is -2.06. The van der Waals surface area contributed by atoms with Crippen LogP contribution in [0.25, 0.3) is 5.65 Å². The number of hydrogen-bond donors (Lipinski definition) is 1. The Morgan fingerprint density at radius 2 is 1.96 bits per heavy atom. The average Bonchev–Trinajstić information content (AvgIpc) is 2.90. The molecule has 0 unspecified atom stereocenters. The molecule has 0 aliphatic carbocycles. The molecule has 0 spiro atoms. The van der Waals surface area contributed by atoms with Crippen molar-refractivity contribution in [3.05, 3.63) is 64.5 Å². The molecule has 2 aromatic heterocycles. The van der Waals surface area contributed by atoms with Crippen molar-refractivity contribution in [2.75, 3.05) is 5.32 Å². The number of amides is 1. The summed E-state index contributed by atoms with van der Waals surface area (Å²) in [4.78, 5) is 24.0. The van der Waals surface area contributed by atoms with Gasteiger partial charge in [-0.25, -0.2) is 13.9 Å². The summed E-state index contributed by atoms with van der Waals surface area (Å²) in [7, 11) is 0. The topological polar surface area (TPSA) is 68.4 Å². The van der Waals surface area contributed by atoms with Gasteiger partial charge in [-0.2, -0.15) is 13.2 Å². The van der Waals surface area contributed by atoms with E-state index in [0.29, 0.717) is 17.8 Å². The molecule has 0 saturated heterocycles. The van der Waals surface area contributed by atoms with E-state index in [-0.39, 0.29) is 18.7 Å². The van der Waals surface area contributed by atoms with Gasteiger partial charge in [-0.3, -0.25) is 9.20 Å². The molecule has 1 N–H and O–H groups in total. The van der Waals surface area contributed by atoms with Crippen LogP contribution in [-0.2, 0) is 17.5 Å². The quantitative estimate of drug-likeness (QED) is 0.720. The van der Waals surface area contributed by atoms with Crippen molar-refractivity contribution in [1.82, 2.24) is 14.2 Å². The number of pyridine rings is 1. The predicted octanol–water partition coefficient (Wildman–Crippen LogP) is 2.68. The number of anilines is 1. The fourth-order valence-corrected chi connectivity index (χ4v) is 2.36. The minimum absolute atomic E-state index is 0.0559. The molecular formula is C16H12F4N4O2. The normalized spacial score (nSPS) is 11.7. The summed E-state index contributed by atoms with van der Waals surface area (Å²) in [6.45, 7) is -0.0559. The predicted molar refractivity (Wildman–Crippen MR) is 84.1 cm³/mol. The van der Waals surface area contributed by atoms with E-state index < -0.39 is 29.2 Å². The molecule has 6 nitrogen and oxygen atoms in total. The molecule has 0 aliphatic heterocycles. The number of nitrogens with one attached hydrogen (secondary N) is 1. The molecule has 26 heavy (non-hydrogen) atoms. The molecule has 0 atom stereocenters. The van der Waals surface area contributed by atoms with E-state index in [9.17, 15) is 27.2 Å². The molecule has 0 radical (unpaired) electrons. The lowest BCUT2D eigenvalue weighted by Crippen LogP contribution is -2.24. The standard InChI is InChI=1S/C16H12F4N4O2/c17-12-5-4-10(9-11(12)16(18,19)20)21-14(25)6-8-24-15(26)23-7-2-1-3-13(23)22-24/h1-5,7,9H,6,8H2,(H,21,25).